The maximum atomic E-state index is 13.6. The number of hydrogen-bond acceptors (Lipinski definition) is 6. The molecule has 2 aromatic rings. The molecule has 190 valence electrons. The van der Waals surface area contributed by atoms with E-state index in [0.717, 1.165) is 25.6 Å². The van der Waals surface area contributed by atoms with Gasteiger partial charge in [-0.05, 0) is 57.1 Å². The molecule has 1 aliphatic carbocycles. The number of allylic oxidation sites excluding steroid dienone is 4. The quantitative estimate of drug-likeness (QED) is 0.559. The van der Waals surface area contributed by atoms with Gasteiger partial charge in [0.2, 0.25) is 5.78 Å². The van der Waals surface area contributed by atoms with Crippen molar-refractivity contribution in [1.82, 2.24) is 14.9 Å². The minimum atomic E-state index is -4.54. The first kappa shape index (κ1) is 25.4. The van der Waals surface area contributed by atoms with Crippen molar-refractivity contribution >= 4 is 28.8 Å². The maximum Gasteiger partial charge on any atom is 0.416 e. The second-order valence-electron chi connectivity index (χ2n) is 8.50. The average molecular weight is 502 g/mol. The number of ketones is 1. The molecule has 4 rings (SSSR count). The molecule has 0 atom stereocenters. The molecule has 8 nitrogen and oxygen atoms in total. The van der Waals surface area contributed by atoms with Crippen LogP contribution in [0.4, 0.5) is 29.3 Å². The topological polar surface area (TPSA) is 96.4 Å². The Labute approximate surface area is 206 Å². The summed E-state index contributed by atoms with van der Waals surface area (Å²) in [6.07, 6.45) is 1.29. The number of anilines is 2. The van der Waals surface area contributed by atoms with Crippen molar-refractivity contribution in [1.29, 1.82) is 0 Å². The van der Waals surface area contributed by atoms with Crippen molar-refractivity contribution in [2.45, 2.75) is 39.4 Å². The Morgan fingerprint density at radius 2 is 2.00 bits per heavy atom. The summed E-state index contributed by atoms with van der Waals surface area (Å²) in [6, 6.07) is 3.07. The number of nitrogens with one attached hydrogen (secondary N) is 2. The number of carbonyl (C=O) groups is 2. The van der Waals surface area contributed by atoms with Gasteiger partial charge in [-0.2, -0.15) is 13.2 Å². The highest BCUT2D eigenvalue weighted by molar-refractivity contribution is 6.01. The van der Waals surface area contributed by atoms with E-state index in [9.17, 15) is 22.8 Å². The van der Waals surface area contributed by atoms with Gasteiger partial charge in [0.1, 0.15) is 0 Å². The van der Waals surface area contributed by atoms with E-state index in [1.165, 1.54) is 18.3 Å². The Bertz CT molecular complexity index is 1240. The van der Waals surface area contributed by atoms with Crippen LogP contribution >= 0.6 is 0 Å². The Morgan fingerprint density at radius 1 is 1.22 bits per heavy atom. The van der Waals surface area contributed by atoms with Gasteiger partial charge in [0.05, 0.1) is 29.7 Å². The summed E-state index contributed by atoms with van der Waals surface area (Å²) < 4.78 is 46.2. The van der Waals surface area contributed by atoms with E-state index in [1.807, 2.05) is 4.90 Å². The minimum Gasteiger partial charge on any atom is -0.490 e. The number of nitrogens with zero attached hydrogens (tertiary/aromatic N) is 3. The van der Waals surface area contributed by atoms with E-state index in [2.05, 4.69) is 20.6 Å². The standard InChI is InChI=1S/C25H26F3N5O3/c1-3-36-22-11-16(6-8-21(22)34)23-29-13-20(15(2)30-23)32-24(35)31-18-7-5-17(14-33-9-4-10-33)19(12-18)25(26,27)28/h5-7,11-13H,3-4,8-10,14H2,1-2H3,(H2,31,32,35). The van der Waals surface area contributed by atoms with Crippen LogP contribution in [0.1, 0.15) is 42.4 Å². The van der Waals surface area contributed by atoms with Crippen LogP contribution < -0.4 is 10.6 Å². The normalized spacial score (nSPS) is 16.1. The highest BCUT2D eigenvalue weighted by Gasteiger charge is 2.34. The number of carbonyl (C=O) groups excluding carboxylic acids is 2. The molecule has 0 unspecified atom stereocenters. The first-order valence-corrected chi connectivity index (χ1v) is 11.6. The Balaban J connectivity index is 1.45. The Hall–Kier alpha value is -3.73. The monoisotopic (exact) mass is 501 g/mol. The van der Waals surface area contributed by atoms with Gasteiger partial charge in [0.25, 0.3) is 0 Å². The summed E-state index contributed by atoms with van der Waals surface area (Å²) in [5, 5.41) is 5.02. The maximum absolute atomic E-state index is 13.6. The predicted molar refractivity (Wildman–Crippen MR) is 128 cm³/mol. The van der Waals surface area contributed by atoms with Crippen LogP contribution in [-0.2, 0) is 22.3 Å². The zero-order valence-corrected chi connectivity index (χ0v) is 19.9. The van der Waals surface area contributed by atoms with E-state index in [-0.39, 0.29) is 35.8 Å². The van der Waals surface area contributed by atoms with E-state index in [0.29, 0.717) is 29.4 Å². The van der Waals surface area contributed by atoms with Crippen LogP contribution in [-0.4, -0.2) is 46.4 Å². The van der Waals surface area contributed by atoms with Crippen molar-refractivity contribution in [2.75, 3.05) is 30.3 Å². The fourth-order valence-electron chi connectivity index (χ4n) is 3.87. The number of alkyl halides is 3. The second-order valence-corrected chi connectivity index (χ2v) is 8.50. The fraction of sp³-hybridized carbons (Fsp3) is 0.360. The second kappa shape index (κ2) is 10.5. The number of urea groups is 1. The number of halogens is 3. The van der Waals surface area contributed by atoms with Crippen LogP contribution in [0.25, 0.3) is 5.57 Å². The zero-order chi connectivity index (χ0) is 25.9. The van der Waals surface area contributed by atoms with Crippen LogP contribution in [0, 0.1) is 6.92 Å². The molecular weight excluding hydrogens is 475 g/mol. The summed E-state index contributed by atoms with van der Waals surface area (Å²) >= 11 is 0. The highest BCUT2D eigenvalue weighted by atomic mass is 19.4. The average Bonchev–Trinajstić information content (AvgIpc) is 2.79. The van der Waals surface area contributed by atoms with Crippen molar-refractivity contribution in [3.05, 3.63) is 65.0 Å². The van der Waals surface area contributed by atoms with Crippen LogP contribution in [0.5, 0.6) is 0 Å². The van der Waals surface area contributed by atoms with Gasteiger partial charge >= 0.3 is 12.2 Å². The van der Waals surface area contributed by atoms with E-state index in [1.54, 1.807) is 26.0 Å². The molecule has 2 aliphatic rings. The zero-order valence-electron chi connectivity index (χ0n) is 19.9. The smallest absolute Gasteiger partial charge is 0.416 e. The number of likely N-dealkylation sites (tertiary alicyclic amines) is 1. The number of hydrogen-bond donors (Lipinski definition) is 2. The van der Waals surface area contributed by atoms with Gasteiger partial charge in [-0.3, -0.25) is 9.69 Å². The van der Waals surface area contributed by atoms with Gasteiger partial charge < -0.3 is 15.4 Å². The van der Waals surface area contributed by atoms with Crippen LogP contribution in [0.2, 0.25) is 0 Å². The van der Waals surface area contributed by atoms with Gasteiger partial charge in [-0.15, -0.1) is 0 Å². The fourth-order valence-corrected chi connectivity index (χ4v) is 3.87. The van der Waals surface area contributed by atoms with Crippen LogP contribution in [0.15, 0.2) is 42.3 Å². The molecule has 1 aromatic carbocycles. The van der Waals surface area contributed by atoms with Gasteiger partial charge in [-0.1, -0.05) is 12.1 Å². The van der Waals surface area contributed by atoms with E-state index < -0.39 is 17.8 Å². The molecule has 2 amide bonds. The molecule has 0 bridgehead atoms. The molecule has 1 aromatic heterocycles. The molecule has 2 N–H and O–H groups in total. The summed E-state index contributed by atoms with van der Waals surface area (Å²) in [5.41, 5.74) is 0.787. The number of Topliss-reactive ketones (excluding diaryl/α,β-unsaturated/α-hetero) is 1. The molecule has 1 aliphatic heterocycles. The SMILES string of the molecule is CCOC1=CC(c2ncc(NC(=O)Nc3ccc(CN4CCC4)c(C(F)(F)F)c3)c(C)n2)=CCC1=O. The molecule has 36 heavy (non-hydrogen) atoms. The summed E-state index contributed by atoms with van der Waals surface area (Å²) in [5.74, 6) is 0.470. The molecule has 1 saturated heterocycles. The van der Waals surface area contributed by atoms with E-state index in [4.69, 9.17) is 4.74 Å². The number of rotatable bonds is 7. The van der Waals surface area contributed by atoms with Gasteiger partial charge in [-0.25, -0.2) is 14.8 Å². The molecule has 11 heteroatoms. The molecule has 2 heterocycles. The lowest BCUT2D eigenvalue weighted by atomic mass is 10.0. The Kier molecular flexibility index (Phi) is 7.39. The first-order valence-electron chi connectivity index (χ1n) is 11.6. The molecule has 0 radical (unpaired) electrons. The number of ether oxygens (including phenoxy) is 1. The summed E-state index contributed by atoms with van der Waals surface area (Å²) in [4.78, 5) is 35.0. The summed E-state index contributed by atoms with van der Waals surface area (Å²) in [6.45, 7) is 5.57. The number of benzene rings is 1. The van der Waals surface area contributed by atoms with Crippen LogP contribution in [0.3, 0.4) is 0 Å². The largest absolute Gasteiger partial charge is 0.490 e. The number of aryl methyl sites for hydroxylation is 1. The first-order chi connectivity index (χ1) is 17.1. The predicted octanol–water partition coefficient (Wildman–Crippen LogP) is 4.93. The third-order valence-electron chi connectivity index (χ3n) is 5.87. The lowest BCUT2D eigenvalue weighted by Gasteiger charge is -2.31. The molecule has 0 saturated carbocycles. The lowest BCUT2D eigenvalue weighted by molar-refractivity contribution is -0.138. The lowest BCUT2D eigenvalue weighted by Crippen LogP contribution is -2.36. The number of amides is 2. The Morgan fingerprint density at radius 3 is 2.64 bits per heavy atom. The third kappa shape index (κ3) is 5.91. The van der Waals surface area contributed by atoms with Gasteiger partial charge in [0, 0.05) is 24.2 Å². The third-order valence-corrected chi connectivity index (χ3v) is 5.87. The van der Waals surface area contributed by atoms with Crippen molar-refractivity contribution in [3.8, 4) is 0 Å². The van der Waals surface area contributed by atoms with E-state index >= 15 is 0 Å². The van der Waals surface area contributed by atoms with Gasteiger partial charge in [0.15, 0.2) is 11.6 Å². The van der Waals surface area contributed by atoms with Crippen molar-refractivity contribution in [3.63, 3.8) is 0 Å². The molecule has 1 fully saturated rings. The van der Waals surface area contributed by atoms with Crippen molar-refractivity contribution in [2.24, 2.45) is 0 Å². The minimum absolute atomic E-state index is 0.0213. The summed E-state index contributed by atoms with van der Waals surface area (Å²) in [7, 11) is 0. The van der Waals surface area contributed by atoms with Crippen molar-refractivity contribution < 1.29 is 27.5 Å². The number of aromatic nitrogens is 2. The highest BCUT2D eigenvalue weighted by Crippen LogP contribution is 2.35. The molecule has 0 spiro atoms. The molecular formula is C25H26F3N5O3.